The lowest BCUT2D eigenvalue weighted by Gasteiger charge is -2.40. The third kappa shape index (κ3) is 4.79. The number of benzene rings is 3. The Balaban J connectivity index is 1.80. The second-order valence-corrected chi connectivity index (χ2v) is 8.57. The SMILES string of the molecule is COCCCCC(O)(c1cccc(Cl)c1-c1ccc2ccccc2c1)[C@H]1CNCCO1. The van der Waals surface area contributed by atoms with E-state index in [4.69, 9.17) is 21.1 Å². The molecule has 5 heteroatoms. The zero-order chi connectivity index (χ0) is 21.7. The maximum atomic E-state index is 12.1. The first-order valence-corrected chi connectivity index (χ1v) is 11.3. The zero-order valence-electron chi connectivity index (χ0n) is 17.9. The van der Waals surface area contributed by atoms with Crippen LogP contribution in [0.3, 0.4) is 0 Å². The maximum Gasteiger partial charge on any atom is 0.118 e. The fraction of sp³-hybridized carbons (Fsp3) is 0.385. The highest BCUT2D eigenvalue weighted by molar-refractivity contribution is 6.33. The van der Waals surface area contributed by atoms with Crippen LogP contribution < -0.4 is 5.32 Å². The fourth-order valence-electron chi connectivity index (χ4n) is 4.51. The van der Waals surface area contributed by atoms with Crippen molar-refractivity contribution < 1.29 is 14.6 Å². The number of aliphatic hydroxyl groups is 1. The minimum Gasteiger partial charge on any atom is -0.385 e. The van der Waals surface area contributed by atoms with E-state index < -0.39 is 5.60 Å². The number of nitrogens with one attached hydrogen (secondary N) is 1. The van der Waals surface area contributed by atoms with Gasteiger partial charge in [0.25, 0.3) is 0 Å². The number of unbranched alkanes of at least 4 members (excludes halogenated alkanes) is 1. The van der Waals surface area contributed by atoms with Gasteiger partial charge >= 0.3 is 0 Å². The van der Waals surface area contributed by atoms with Gasteiger partial charge in [0, 0.05) is 37.4 Å². The van der Waals surface area contributed by atoms with E-state index in [1.54, 1.807) is 7.11 Å². The molecular formula is C26H30ClNO3. The molecule has 0 radical (unpaired) electrons. The molecule has 0 saturated carbocycles. The lowest BCUT2D eigenvalue weighted by molar-refractivity contribution is -0.129. The third-order valence-electron chi connectivity index (χ3n) is 6.13. The van der Waals surface area contributed by atoms with Crippen LogP contribution in [-0.4, -0.2) is 44.6 Å². The normalized spacial score (nSPS) is 18.7. The Bertz CT molecular complexity index is 1020. The first-order valence-electron chi connectivity index (χ1n) is 11.0. The summed E-state index contributed by atoms with van der Waals surface area (Å²) in [6, 6.07) is 20.4. The van der Waals surface area contributed by atoms with Crippen LogP contribution in [0.15, 0.2) is 60.7 Å². The van der Waals surface area contributed by atoms with Crippen molar-refractivity contribution in [3.05, 3.63) is 71.2 Å². The summed E-state index contributed by atoms with van der Waals surface area (Å²) < 4.78 is 11.3. The van der Waals surface area contributed by atoms with E-state index in [1.165, 1.54) is 5.39 Å². The summed E-state index contributed by atoms with van der Waals surface area (Å²) in [4.78, 5) is 0. The Hall–Kier alpha value is -1.95. The molecule has 0 aliphatic carbocycles. The standard InChI is InChI=1S/C26H30ClNO3/c1-30-15-5-4-13-26(29,24-18-28-14-16-31-24)22-9-6-10-23(27)25(22)21-12-11-19-7-2-3-8-20(19)17-21/h2-3,6-12,17,24,28-29H,4-5,13-16,18H2,1H3/t24-,26?/m1/s1. The van der Waals surface area contributed by atoms with Crippen molar-refractivity contribution in [2.24, 2.45) is 0 Å². The van der Waals surface area contributed by atoms with Crippen molar-refractivity contribution in [2.75, 3.05) is 33.4 Å². The zero-order valence-corrected chi connectivity index (χ0v) is 18.7. The number of fused-ring (bicyclic) bond motifs is 1. The number of hydrogen-bond donors (Lipinski definition) is 2. The molecule has 3 aromatic rings. The molecule has 1 fully saturated rings. The average molecular weight is 440 g/mol. The highest BCUT2D eigenvalue weighted by atomic mass is 35.5. The van der Waals surface area contributed by atoms with Crippen LogP contribution in [0.2, 0.25) is 5.02 Å². The van der Waals surface area contributed by atoms with Crippen molar-refractivity contribution in [3.8, 4) is 11.1 Å². The molecule has 31 heavy (non-hydrogen) atoms. The van der Waals surface area contributed by atoms with Crippen molar-refractivity contribution in [3.63, 3.8) is 0 Å². The lowest BCUT2D eigenvalue weighted by atomic mass is 9.79. The maximum absolute atomic E-state index is 12.1. The molecule has 4 rings (SSSR count). The summed E-state index contributed by atoms with van der Waals surface area (Å²) in [6.07, 6.45) is 1.93. The van der Waals surface area contributed by atoms with E-state index in [0.717, 1.165) is 41.5 Å². The molecule has 3 aromatic carbocycles. The molecular weight excluding hydrogens is 410 g/mol. The summed E-state index contributed by atoms with van der Waals surface area (Å²) in [6.45, 7) is 2.65. The molecule has 2 N–H and O–H groups in total. The average Bonchev–Trinajstić information content (AvgIpc) is 2.82. The highest BCUT2D eigenvalue weighted by Gasteiger charge is 2.41. The first kappa shape index (κ1) is 22.3. The number of methoxy groups -OCH3 is 1. The van der Waals surface area contributed by atoms with Gasteiger partial charge in [-0.1, -0.05) is 60.1 Å². The van der Waals surface area contributed by atoms with Gasteiger partial charge in [-0.15, -0.1) is 0 Å². The van der Waals surface area contributed by atoms with Crippen LogP contribution in [0.25, 0.3) is 21.9 Å². The summed E-state index contributed by atoms with van der Waals surface area (Å²) in [5, 5.41) is 18.4. The number of rotatable bonds is 8. The molecule has 0 aromatic heterocycles. The molecule has 1 saturated heterocycles. The Labute approximate surface area is 189 Å². The first-order chi connectivity index (χ1) is 15.1. The van der Waals surface area contributed by atoms with E-state index in [-0.39, 0.29) is 6.10 Å². The van der Waals surface area contributed by atoms with Gasteiger partial charge in [0.2, 0.25) is 0 Å². The smallest absolute Gasteiger partial charge is 0.118 e. The highest BCUT2D eigenvalue weighted by Crippen LogP contribution is 2.42. The van der Waals surface area contributed by atoms with Gasteiger partial charge in [0.05, 0.1) is 6.61 Å². The number of ether oxygens (including phenoxy) is 2. The van der Waals surface area contributed by atoms with Crippen LogP contribution in [-0.2, 0) is 15.1 Å². The Morgan fingerprint density at radius 3 is 2.71 bits per heavy atom. The number of halogens is 1. The van der Waals surface area contributed by atoms with Crippen LogP contribution in [0.1, 0.15) is 24.8 Å². The van der Waals surface area contributed by atoms with Gasteiger partial charge < -0.3 is 19.9 Å². The van der Waals surface area contributed by atoms with Crippen LogP contribution in [0, 0.1) is 0 Å². The van der Waals surface area contributed by atoms with Crippen LogP contribution in [0.5, 0.6) is 0 Å². The lowest BCUT2D eigenvalue weighted by Crippen LogP contribution is -2.51. The van der Waals surface area contributed by atoms with Gasteiger partial charge in [-0.05, 0) is 53.3 Å². The molecule has 0 amide bonds. The largest absolute Gasteiger partial charge is 0.385 e. The Morgan fingerprint density at radius 1 is 1.10 bits per heavy atom. The minimum atomic E-state index is -1.16. The van der Waals surface area contributed by atoms with Gasteiger partial charge in [-0.2, -0.15) is 0 Å². The topological polar surface area (TPSA) is 50.7 Å². The van der Waals surface area contributed by atoms with E-state index >= 15 is 0 Å². The molecule has 1 heterocycles. The van der Waals surface area contributed by atoms with E-state index in [2.05, 4.69) is 35.6 Å². The third-order valence-corrected chi connectivity index (χ3v) is 6.45. The quantitative estimate of drug-likeness (QED) is 0.476. The molecule has 1 unspecified atom stereocenters. The summed E-state index contributed by atoms with van der Waals surface area (Å²) >= 11 is 6.76. The minimum absolute atomic E-state index is 0.346. The second-order valence-electron chi connectivity index (χ2n) is 8.16. The predicted molar refractivity (Wildman–Crippen MR) is 127 cm³/mol. The number of hydrogen-bond acceptors (Lipinski definition) is 4. The predicted octanol–water partition coefficient (Wildman–Crippen LogP) is 5.15. The molecule has 1 aliphatic heterocycles. The fourth-order valence-corrected chi connectivity index (χ4v) is 4.79. The molecule has 1 aliphatic rings. The summed E-state index contributed by atoms with van der Waals surface area (Å²) in [5.41, 5.74) is 1.53. The summed E-state index contributed by atoms with van der Waals surface area (Å²) in [5.74, 6) is 0. The summed E-state index contributed by atoms with van der Waals surface area (Å²) in [7, 11) is 1.70. The van der Waals surface area contributed by atoms with Crippen molar-refractivity contribution in [1.29, 1.82) is 0 Å². The Kier molecular flexibility index (Phi) is 7.26. The van der Waals surface area contributed by atoms with Gasteiger partial charge in [-0.3, -0.25) is 0 Å². The number of morpholine rings is 1. The monoisotopic (exact) mass is 439 g/mol. The molecule has 4 nitrogen and oxygen atoms in total. The molecule has 0 bridgehead atoms. The van der Waals surface area contributed by atoms with Gasteiger partial charge in [-0.25, -0.2) is 0 Å². The van der Waals surface area contributed by atoms with Crippen LogP contribution in [0.4, 0.5) is 0 Å². The molecule has 2 atom stereocenters. The van der Waals surface area contributed by atoms with Crippen molar-refractivity contribution in [2.45, 2.75) is 31.0 Å². The van der Waals surface area contributed by atoms with E-state index in [0.29, 0.717) is 31.2 Å². The van der Waals surface area contributed by atoms with Crippen molar-refractivity contribution >= 4 is 22.4 Å². The van der Waals surface area contributed by atoms with Crippen LogP contribution >= 0.6 is 11.6 Å². The van der Waals surface area contributed by atoms with Gasteiger partial charge in [0.15, 0.2) is 0 Å². The van der Waals surface area contributed by atoms with Crippen molar-refractivity contribution in [1.82, 2.24) is 5.32 Å². The van der Waals surface area contributed by atoms with E-state index in [1.807, 2.05) is 30.3 Å². The Morgan fingerprint density at radius 2 is 1.94 bits per heavy atom. The van der Waals surface area contributed by atoms with Gasteiger partial charge in [0.1, 0.15) is 11.7 Å². The second kappa shape index (κ2) is 10.1. The van der Waals surface area contributed by atoms with E-state index in [9.17, 15) is 5.11 Å². The molecule has 0 spiro atoms. The molecule has 164 valence electrons.